The van der Waals surface area contributed by atoms with Crippen molar-refractivity contribution in [2.45, 2.75) is 50.7 Å². The summed E-state index contributed by atoms with van der Waals surface area (Å²) in [7, 11) is 1.57. The van der Waals surface area contributed by atoms with Crippen LogP contribution in [0, 0.1) is 17.8 Å². The van der Waals surface area contributed by atoms with Crippen LogP contribution in [0.2, 0.25) is 0 Å². The number of hydrogen-bond donors (Lipinski definition) is 2. The Kier molecular flexibility index (Phi) is 5.58. The second-order valence-corrected chi connectivity index (χ2v) is 8.91. The Morgan fingerprint density at radius 2 is 1.72 bits per heavy atom. The molecule has 3 amide bonds. The molecule has 2 N–H and O–H groups in total. The van der Waals surface area contributed by atoms with E-state index >= 15 is 0 Å². The quantitative estimate of drug-likeness (QED) is 0.716. The Balaban J connectivity index is 1.25. The van der Waals surface area contributed by atoms with E-state index in [1.807, 2.05) is 6.07 Å². The summed E-state index contributed by atoms with van der Waals surface area (Å²) in [6, 6.07) is 6.34. The molecule has 0 spiro atoms. The number of carbonyl (C=O) groups excluding carboxylic acids is 3. The Hall–Kier alpha value is -2.41. The molecule has 4 aliphatic carbocycles. The monoisotopic (exact) mass is 400 g/mol. The summed E-state index contributed by atoms with van der Waals surface area (Å²) in [5.74, 6) is 0.861. The third-order valence-electron chi connectivity index (χ3n) is 6.48. The number of imide groups is 1. The van der Waals surface area contributed by atoms with Crippen molar-refractivity contribution in [2.75, 3.05) is 13.7 Å². The van der Waals surface area contributed by atoms with Crippen molar-refractivity contribution < 1.29 is 23.9 Å². The first-order valence-corrected chi connectivity index (χ1v) is 10.3. The molecule has 0 aliphatic heterocycles. The number of urea groups is 1. The Bertz CT molecular complexity index is 771. The van der Waals surface area contributed by atoms with Crippen molar-refractivity contribution in [3.63, 3.8) is 0 Å². The number of benzene rings is 1. The van der Waals surface area contributed by atoms with Crippen LogP contribution in [0.15, 0.2) is 24.3 Å². The minimum atomic E-state index is -0.631. The van der Waals surface area contributed by atoms with E-state index in [1.165, 1.54) is 19.3 Å². The largest absolute Gasteiger partial charge is 0.452 e. The fourth-order valence-corrected chi connectivity index (χ4v) is 5.87. The summed E-state index contributed by atoms with van der Waals surface area (Å²) in [6.07, 6.45) is 6.86. The van der Waals surface area contributed by atoms with Crippen LogP contribution in [0.4, 0.5) is 4.79 Å². The van der Waals surface area contributed by atoms with Crippen molar-refractivity contribution in [3.05, 3.63) is 35.4 Å². The predicted molar refractivity (Wildman–Crippen MR) is 105 cm³/mol. The Morgan fingerprint density at radius 3 is 2.34 bits per heavy atom. The van der Waals surface area contributed by atoms with Crippen LogP contribution < -0.4 is 10.6 Å². The van der Waals surface area contributed by atoms with E-state index in [-0.39, 0.29) is 5.54 Å². The van der Waals surface area contributed by atoms with Crippen LogP contribution in [-0.4, -0.2) is 37.2 Å². The first-order valence-electron chi connectivity index (χ1n) is 10.3. The highest BCUT2D eigenvalue weighted by Gasteiger charge is 2.51. The molecule has 4 aliphatic rings. The maximum atomic E-state index is 12.4. The molecule has 0 atom stereocenters. The van der Waals surface area contributed by atoms with Gasteiger partial charge >= 0.3 is 12.0 Å². The van der Waals surface area contributed by atoms with Crippen LogP contribution in [0.1, 0.15) is 54.4 Å². The number of methoxy groups -OCH3 is 1. The molecule has 0 aromatic heterocycles. The van der Waals surface area contributed by atoms with Gasteiger partial charge in [0.1, 0.15) is 0 Å². The van der Waals surface area contributed by atoms with Crippen molar-refractivity contribution in [2.24, 2.45) is 17.8 Å². The number of amides is 3. The predicted octanol–water partition coefficient (Wildman–Crippen LogP) is 2.78. The first kappa shape index (κ1) is 19.9. The first-order chi connectivity index (χ1) is 13.9. The number of hydrogen-bond acceptors (Lipinski definition) is 5. The molecule has 4 saturated carbocycles. The van der Waals surface area contributed by atoms with Gasteiger partial charge in [0, 0.05) is 12.6 Å². The highest BCUT2D eigenvalue weighted by molar-refractivity contribution is 5.97. The maximum Gasteiger partial charge on any atom is 0.338 e. The van der Waals surface area contributed by atoms with E-state index in [9.17, 15) is 14.4 Å². The zero-order chi connectivity index (χ0) is 20.4. The van der Waals surface area contributed by atoms with Gasteiger partial charge in [0.15, 0.2) is 6.61 Å². The van der Waals surface area contributed by atoms with E-state index in [4.69, 9.17) is 9.47 Å². The normalized spacial score (nSPS) is 29.3. The maximum absolute atomic E-state index is 12.4. The number of nitrogens with one attached hydrogen (secondary N) is 2. The molecule has 156 valence electrons. The highest BCUT2D eigenvalue weighted by Crippen LogP contribution is 2.55. The zero-order valence-corrected chi connectivity index (χ0v) is 16.7. The summed E-state index contributed by atoms with van der Waals surface area (Å²) >= 11 is 0. The molecule has 0 saturated heterocycles. The molecule has 0 unspecified atom stereocenters. The summed E-state index contributed by atoms with van der Waals surface area (Å²) in [5, 5.41) is 5.38. The van der Waals surface area contributed by atoms with E-state index in [0.29, 0.717) is 29.9 Å². The molecule has 0 heterocycles. The van der Waals surface area contributed by atoms with Crippen molar-refractivity contribution >= 4 is 17.9 Å². The van der Waals surface area contributed by atoms with Crippen molar-refractivity contribution in [1.82, 2.24) is 10.6 Å². The molecule has 5 rings (SSSR count). The molecule has 1 aromatic carbocycles. The molecule has 7 heteroatoms. The number of rotatable bonds is 6. The minimum absolute atomic E-state index is 0.169. The lowest BCUT2D eigenvalue weighted by Crippen LogP contribution is -2.62. The molecule has 4 bridgehead atoms. The third-order valence-corrected chi connectivity index (χ3v) is 6.48. The van der Waals surface area contributed by atoms with Gasteiger partial charge in [-0.3, -0.25) is 10.1 Å². The summed E-state index contributed by atoms with van der Waals surface area (Å²) in [5.41, 5.74) is 1.00. The molecule has 29 heavy (non-hydrogen) atoms. The van der Waals surface area contributed by atoms with Gasteiger partial charge in [-0.1, -0.05) is 12.1 Å². The Morgan fingerprint density at radius 1 is 1.07 bits per heavy atom. The smallest absolute Gasteiger partial charge is 0.338 e. The lowest BCUT2D eigenvalue weighted by Gasteiger charge is -2.56. The van der Waals surface area contributed by atoms with Gasteiger partial charge in [-0.15, -0.1) is 0 Å². The standard InChI is InChI=1S/C22H28N2O5/c1-28-12-14-3-2-4-18(8-14)20(26)29-13-19(25)23-21(27)24-22-9-15-5-16(10-22)7-17(6-15)11-22/h2-4,8,15-17H,5-7,9-13H2,1H3,(H2,23,24,25,27). The molecule has 1 aromatic rings. The van der Waals surface area contributed by atoms with E-state index in [0.717, 1.165) is 24.8 Å². The van der Waals surface area contributed by atoms with E-state index < -0.39 is 24.5 Å². The summed E-state index contributed by atoms with van der Waals surface area (Å²) < 4.78 is 10.1. The fourth-order valence-electron chi connectivity index (χ4n) is 5.87. The van der Waals surface area contributed by atoms with Crippen LogP contribution in [-0.2, 0) is 20.9 Å². The van der Waals surface area contributed by atoms with Crippen LogP contribution in [0.25, 0.3) is 0 Å². The third kappa shape index (κ3) is 4.61. The second-order valence-electron chi connectivity index (χ2n) is 8.91. The molecular formula is C22H28N2O5. The SMILES string of the molecule is COCc1cccc(C(=O)OCC(=O)NC(=O)NC23CC4CC(CC(C4)C2)C3)c1. The lowest BCUT2D eigenvalue weighted by atomic mass is 9.53. The van der Waals surface area contributed by atoms with Crippen molar-refractivity contribution in [3.8, 4) is 0 Å². The van der Waals surface area contributed by atoms with Gasteiger partial charge in [-0.25, -0.2) is 9.59 Å². The summed E-state index contributed by atoms with van der Waals surface area (Å²) in [6.45, 7) is -0.117. The van der Waals surface area contributed by atoms with Gasteiger partial charge in [0.25, 0.3) is 5.91 Å². The minimum Gasteiger partial charge on any atom is -0.452 e. The van der Waals surface area contributed by atoms with Gasteiger partial charge in [-0.2, -0.15) is 0 Å². The number of ether oxygens (including phenoxy) is 2. The molecular weight excluding hydrogens is 372 g/mol. The van der Waals surface area contributed by atoms with Crippen LogP contribution in [0.5, 0.6) is 0 Å². The summed E-state index contributed by atoms with van der Waals surface area (Å²) in [4.78, 5) is 36.6. The topological polar surface area (TPSA) is 93.7 Å². The van der Waals surface area contributed by atoms with Crippen LogP contribution >= 0.6 is 0 Å². The van der Waals surface area contributed by atoms with Gasteiger partial charge < -0.3 is 14.8 Å². The zero-order valence-electron chi connectivity index (χ0n) is 16.7. The van der Waals surface area contributed by atoms with E-state index in [2.05, 4.69) is 10.6 Å². The molecule has 4 fully saturated rings. The van der Waals surface area contributed by atoms with Crippen LogP contribution in [0.3, 0.4) is 0 Å². The van der Waals surface area contributed by atoms with Gasteiger partial charge in [0.05, 0.1) is 12.2 Å². The second kappa shape index (κ2) is 8.14. The Labute approximate surface area is 170 Å². The fraction of sp³-hybridized carbons (Fsp3) is 0.591. The van der Waals surface area contributed by atoms with Gasteiger partial charge in [0.2, 0.25) is 0 Å². The van der Waals surface area contributed by atoms with Crippen molar-refractivity contribution in [1.29, 1.82) is 0 Å². The highest BCUT2D eigenvalue weighted by atomic mass is 16.5. The average Bonchev–Trinajstić information content (AvgIpc) is 2.65. The van der Waals surface area contributed by atoms with Gasteiger partial charge in [-0.05, 0) is 74.0 Å². The number of carbonyl (C=O) groups is 3. The van der Waals surface area contributed by atoms with E-state index in [1.54, 1.807) is 25.3 Å². The molecule has 7 nitrogen and oxygen atoms in total. The average molecular weight is 400 g/mol. The lowest BCUT2D eigenvalue weighted by molar-refractivity contribution is -0.123. The number of esters is 1. The molecule has 0 radical (unpaired) electrons.